The van der Waals surface area contributed by atoms with Crippen LogP contribution in [0, 0.1) is 0 Å². The van der Waals surface area contributed by atoms with E-state index in [4.69, 9.17) is 23.2 Å². The smallest absolute Gasteiger partial charge is 0.241 e. The Labute approximate surface area is 151 Å². The molecule has 1 heterocycles. The third-order valence-corrected chi connectivity index (χ3v) is 6.49. The van der Waals surface area contributed by atoms with Crippen molar-refractivity contribution in [3.05, 3.63) is 64.3 Å². The topological polar surface area (TPSA) is 39.1 Å². The Kier molecular flexibility index (Phi) is 4.19. The molecule has 0 fully saturated rings. The van der Waals surface area contributed by atoms with Gasteiger partial charge < -0.3 is 0 Å². The fourth-order valence-corrected chi connectivity index (χ4v) is 4.36. The molecule has 0 aliphatic rings. The van der Waals surface area contributed by atoms with Crippen LogP contribution >= 0.6 is 23.2 Å². The number of halogens is 2. The first kappa shape index (κ1) is 17.3. The Morgan fingerprint density at radius 2 is 1.71 bits per heavy atom. The summed E-state index contributed by atoms with van der Waals surface area (Å²) in [5.74, 6) is 0. The summed E-state index contributed by atoms with van der Waals surface area (Å²) in [7, 11) is -3.72. The molecular weight excluding hydrogens is 365 g/mol. The van der Waals surface area contributed by atoms with Gasteiger partial charge in [-0.1, -0.05) is 56.1 Å². The number of hydrogen-bond donors (Lipinski definition) is 0. The van der Waals surface area contributed by atoms with E-state index in [-0.39, 0.29) is 10.3 Å². The second-order valence-electron chi connectivity index (χ2n) is 6.69. The highest BCUT2D eigenvalue weighted by molar-refractivity contribution is 7.90. The highest BCUT2D eigenvalue weighted by atomic mass is 35.5. The average Bonchev–Trinajstić information content (AvgIpc) is 2.96. The van der Waals surface area contributed by atoms with E-state index in [1.165, 1.54) is 10.2 Å². The molecule has 0 bridgehead atoms. The van der Waals surface area contributed by atoms with Gasteiger partial charge in [-0.05, 0) is 41.3 Å². The van der Waals surface area contributed by atoms with Gasteiger partial charge in [0.1, 0.15) is 0 Å². The zero-order valence-corrected chi connectivity index (χ0v) is 15.9. The Hall–Kier alpha value is -1.49. The van der Waals surface area contributed by atoms with E-state index in [0.29, 0.717) is 20.9 Å². The van der Waals surface area contributed by atoms with Crippen molar-refractivity contribution in [1.29, 1.82) is 0 Å². The third kappa shape index (κ3) is 2.83. The predicted molar refractivity (Wildman–Crippen MR) is 99.7 cm³/mol. The van der Waals surface area contributed by atoms with Crippen LogP contribution in [-0.4, -0.2) is 12.4 Å². The van der Waals surface area contributed by atoms with E-state index >= 15 is 0 Å². The highest BCUT2D eigenvalue weighted by Gasteiger charge is 2.22. The van der Waals surface area contributed by atoms with E-state index in [1.54, 1.807) is 36.4 Å². The summed E-state index contributed by atoms with van der Waals surface area (Å²) < 4.78 is 27.4. The Balaban J connectivity index is 2.21. The monoisotopic (exact) mass is 381 g/mol. The molecule has 2 aromatic carbocycles. The summed E-state index contributed by atoms with van der Waals surface area (Å²) in [6.07, 6.45) is 1.51. The highest BCUT2D eigenvalue weighted by Crippen LogP contribution is 2.33. The van der Waals surface area contributed by atoms with E-state index in [0.717, 1.165) is 5.56 Å². The van der Waals surface area contributed by atoms with Crippen LogP contribution in [0.1, 0.15) is 26.3 Å². The lowest BCUT2D eigenvalue weighted by Crippen LogP contribution is -2.15. The molecule has 0 unspecified atom stereocenters. The molecule has 0 radical (unpaired) electrons. The molecule has 0 saturated heterocycles. The molecule has 3 nitrogen and oxygen atoms in total. The lowest BCUT2D eigenvalue weighted by molar-refractivity contribution is 0.580. The number of rotatable bonds is 2. The van der Waals surface area contributed by atoms with Gasteiger partial charge in [-0.15, -0.1) is 0 Å². The molecule has 0 aliphatic carbocycles. The van der Waals surface area contributed by atoms with Crippen LogP contribution in [0.5, 0.6) is 0 Å². The molecule has 1 aromatic heterocycles. The van der Waals surface area contributed by atoms with Crippen molar-refractivity contribution in [2.24, 2.45) is 0 Å². The Bertz CT molecular complexity index is 1030. The minimum atomic E-state index is -3.72. The van der Waals surface area contributed by atoms with Gasteiger partial charge >= 0.3 is 0 Å². The maximum absolute atomic E-state index is 13.1. The molecule has 126 valence electrons. The summed E-state index contributed by atoms with van der Waals surface area (Å²) >= 11 is 12.2. The predicted octanol–water partition coefficient (Wildman–Crippen LogP) is 5.48. The minimum Gasteiger partial charge on any atom is -0.241 e. The SMILES string of the molecule is CC(C)(C)c1cccc(S(=O)(=O)n2ccc3c(Cl)c(Cl)ccc32)c1. The van der Waals surface area contributed by atoms with Crippen LogP contribution in [0.4, 0.5) is 0 Å². The van der Waals surface area contributed by atoms with Crippen LogP contribution in [0.25, 0.3) is 10.9 Å². The molecule has 0 N–H and O–H groups in total. The summed E-state index contributed by atoms with van der Waals surface area (Å²) in [5.41, 5.74) is 1.33. The summed E-state index contributed by atoms with van der Waals surface area (Å²) in [6, 6.07) is 12.0. The van der Waals surface area contributed by atoms with Gasteiger partial charge in [0.15, 0.2) is 0 Å². The molecule has 0 atom stereocenters. The van der Waals surface area contributed by atoms with Crippen LogP contribution < -0.4 is 0 Å². The number of fused-ring (bicyclic) bond motifs is 1. The van der Waals surface area contributed by atoms with Crippen LogP contribution in [0.3, 0.4) is 0 Å². The molecule has 0 saturated carbocycles. The van der Waals surface area contributed by atoms with Gasteiger partial charge in [0, 0.05) is 11.6 Å². The molecule has 0 aliphatic heterocycles. The first-order valence-corrected chi connectivity index (χ1v) is 9.63. The van der Waals surface area contributed by atoms with Crippen LogP contribution in [0.2, 0.25) is 10.0 Å². The summed E-state index contributed by atoms with van der Waals surface area (Å²) in [6.45, 7) is 6.14. The van der Waals surface area contributed by atoms with Crippen molar-refractivity contribution in [3.63, 3.8) is 0 Å². The summed E-state index contributed by atoms with van der Waals surface area (Å²) in [4.78, 5) is 0.249. The van der Waals surface area contributed by atoms with E-state index in [9.17, 15) is 8.42 Å². The first-order chi connectivity index (χ1) is 11.1. The van der Waals surface area contributed by atoms with Crippen molar-refractivity contribution in [2.45, 2.75) is 31.1 Å². The first-order valence-electron chi connectivity index (χ1n) is 7.43. The fraction of sp³-hybridized carbons (Fsp3) is 0.222. The van der Waals surface area contributed by atoms with Crippen molar-refractivity contribution in [2.75, 3.05) is 0 Å². The molecule has 6 heteroatoms. The van der Waals surface area contributed by atoms with Crippen molar-refractivity contribution < 1.29 is 8.42 Å². The molecular formula is C18H17Cl2NO2S. The molecule has 3 rings (SSSR count). The normalized spacial score (nSPS) is 12.7. The largest absolute Gasteiger partial charge is 0.268 e. The van der Waals surface area contributed by atoms with Gasteiger partial charge in [0.2, 0.25) is 0 Å². The molecule has 0 amide bonds. The van der Waals surface area contributed by atoms with Crippen molar-refractivity contribution >= 4 is 44.1 Å². The minimum absolute atomic E-state index is 0.138. The Morgan fingerprint density at radius 3 is 2.38 bits per heavy atom. The van der Waals surface area contributed by atoms with E-state index in [2.05, 4.69) is 0 Å². The lowest BCUT2D eigenvalue weighted by atomic mass is 9.87. The zero-order chi connectivity index (χ0) is 17.7. The number of benzene rings is 2. The quantitative estimate of drug-likeness (QED) is 0.589. The number of nitrogens with zero attached hydrogens (tertiary/aromatic N) is 1. The van der Waals surface area contributed by atoms with Gasteiger partial charge in [-0.25, -0.2) is 12.4 Å². The second kappa shape index (κ2) is 5.80. The number of aromatic nitrogens is 1. The van der Waals surface area contributed by atoms with Crippen LogP contribution in [0.15, 0.2) is 53.6 Å². The van der Waals surface area contributed by atoms with E-state index < -0.39 is 10.0 Å². The lowest BCUT2D eigenvalue weighted by Gasteiger charge is -2.20. The van der Waals surface area contributed by atoms with Gasteiger partial charge in [0.05, 0.1) is 20.5 Å². The van der Waals surface area contributed by atoms with Gasteiger partial charge in [-0.3, -0.25) is 0 Å². The second-order valence-corrected chi connectivity index (χ2v) is 9.29. The van der Waals surface area contributed by atoms with E-state index in [1.807, 2.05) is 26.8 Å². The standard InChI is InChI=1S/C18H17Cl2NO2S/c1-18(2,3)12-5-4-6-13(11-12)24(22,23)21-10-9-14-16(21)8-7-15(19)17(14)20/h4-11H,1-3H3. The maximum atomic E-state index is 13.1. The van der Waals surface area contributed by atoms with Gasteiger partial charge in [-0.2, -0.15) is 0 Å². The van der Waals surface area contributed by atoms with Gasteiger partial charge in [0.25, 0.3) is 10.0 Å². The van der Waals surface area contributed by atoms with Crippen molar-refractivity contribution in [1.82, 2.24) is 3.97 Å². The maximum Gasteiger partial charge on any atom is 0.268 e. The Morgan fingerprint density at radius 1 is 1.00 bits per heavy atom. The molecule has 24 heavy (non-hydrogen) atoms. The summed E-state index contributed by atoms with van der Waals surface area (Å²) in [5, 5.41) is 1.36. The van der Waals surface area contributed by atoms with Crippen molar-refractivity contribution in [3.8, 4) is 0 Å². The number of hydrogen-bond acceptors (Lipinski definition) is 2. The fourth-order valence-electron chi connectivity index (χ4n) is 2.58. The molecule has 3 aromatic rings. The molecule has 0 spiro atoms. The third-order valence-electron chi connectivity index (χ3n) is 3.98. The van der Waals surface area contributed by atoms with Crippen LogP contribution in [-0.2, 0) is 15.4 Å². The average molecular weight is 382 g/mol. The zero-order valence-electron chi connectivity index (χ0n) is 13.5.